The van der Waals surface area contributed by atoms with E-state index < -0.39 is 0 Å². The number of aryl methyl sites for hydroxylation is 2. The van der Waals surface area contributed by atoms with Crippen molar-refractivity contribution in [1.82, 2.24) is 0 Å². The van der Waals surface area contributed by atoms with Crippen molar-refractivity contribution in [2.45, 2.75) is 45.4 Å². The zero-order chi connectivity index (χ0) is 11.4. The number of halogens is 1. The molecule has 0 spiro atoms. The first-order chi connectivity index (χ1) is 7.83. The van der Waals surface area contributed by atoms with E-state index in [1.807, 2.05) is 0 Å². The van der Waals surface area contributed by atoms with Gasteiger partial charge in [0.15, 0.2) is 0 Å². The molecule has 0 bridgehead atoms. The molecule has 0 radical (unpaired) electrons. The second-order valence-electron chi connectivity index (χ2n) is 4.97. The van der Waals surface area contributed by atoms with Crippen molar-refractivity contribution in [1.29, 1.82) is 0 Å². The largest absolute Gasteiger partial charge is 0.0925 e. The van der Waals surface area contributed by atoms with Gasteiger partial charge in [-0.3, -0.25) is 0 Å². The molecular weight excluding hydrogens is 260 g/mol. The Balaban J connectivity index is 2.04. The lowest BCUT2D eigenvalue weighted by molar-refractivity contribution is 0.534. The third-order valence-corrected chi connectivity index (χ3v) is 4.52. The van der Waals surface area contributed by atoms with Crippen LogP contribution in [0.4, 0.5) is 0 Å². The van der Waals surface area contributed by atoms with E-state index in [0.717, 1.165) is 11.2 Å². The summed E-state index contributed by atoms with van der Waals surface area (Å²) < 4.78 is 0. The molecule has 0 aliphatic heterocycles. The highest BCUT2D eigenvalue weighted by Crippen LogP contribution is 2.25. The van der Waals surface area contributed by atoms with Gasteiger partial charge in [-0.15, -0.1) is 0 Å². The zero-order valence-corrected chi connectivity index (χ0v) is 11.7. The highest BCUT2D eigenvalue weighted by atomic mass is 79.9. The van der Waals surface area contributed by atoms with E-state index in [1.165, 1.54) is 38.5 Å². The summed E-state index contributed by atoms with van der Waals surface area (Å²) >= 11 is 3.64. The second-order valence-corrected chi connectivity index (χ2v) is 5.62. The monoisotopic (exact) mass is 280 g/mol. The van der Waals surface area contributed by atoms with Gasteiger partial charge in [0.1, 0.15) is 0 Å². The molecule has 1 aliphatic rings. The lowest BCUT2D eigenvalue weighted by Crippen LogP contribution is -2.06. The van der Waals surface area contributed by atoms with Crippen LogP contribution in [-0.4, -0.2) is 5.33 Å². The molecule has 1 unspecified atom stereocenters. The Labute approximate surface area is 108 Å². The normalized spacial score (nSPS) is 16.1. The molecule has 0 saturated carbocycles. The number of benzene rings is 1. The van der Waals surface area contributed by atoms with E-state index in [9.17, 15) is 0 Å². The van der Waals surface area contributed by atoms with Crippen molar-refractivity contribution in [2.24, 2.45) is 5.92 Å². The first-order valence-corrected chi connectivity index (χ1v) is 7.62. The van der Waals surface area contributed by atoms with Crippen molar-refractivity contribution < 1.29 is 0 Å². The highest BCUT2D eigenvalue weighted by molar-refractivity contribution is 9.09. The van der Waals surface area contributed by atoms with Gasteiger partial charge in [0, 0.05) is 5.33 Å². The third kappa shape index (κ3) is 2.88. The van der Waals surface area contributed by atoms with Gasteiger partial charge < -0.3 is 0 Å². The molecule has 0 aromatic heterocycles. The van der Waals surface area contributed by atoms with Gasteiger partial charge in [0.05, 0.1) is 0 Å². The van der Waals surface area contributed by atoms with Gasteiger partial charge in [-0.2, -0.15) is 0 Å². The van der Waals surface area contributed by atoms with Crippen LogP contribution in [0.15, 0.2) is 18.2 Å². The first kappa shape index (κ1) is 12.2. The van der Waals surface area contributed by atoms with Crippen LogP contribution in [0.25, 0.3) is 0 Å². The van der Waals surface area contributed by atoms with Gasteiger partial charge in [-0.1, -0.05) is 47.5 Å². The Kier molecular flexibility index (Phi) is 4.45. The van der Waals surface area contributed by atoms with Gasteiger partial charge in [0.25, 0.3) is 0 Å². The molecule has 1 aromatic carbocycles. The van der Waals surface area contributed by atoms with Crippen LogP contribution in [0.3, 0.4) is 0 Å². The van der Waals surface area contributed by atoms with Crippen LogP contribution in [0.1, 0.15) is 42.9 Å². The van der Waals surface area contributed by atoms with Crippen molar-refractivity contribution in [3.63, 3.8) is 0 Å². The van der Waals surface area contributed by atoms with Crippen LogP contribution in [0, 0.1) is 5.92 Å². The van der Waals surface area contributed by atoms with Crippen molar-refractivity contribution in [3.05, 3.63) is 34.9 Å². The molecule has 16 heavy (non-hydrogen) atoms. The number of alkyl halides is 1. The minimum Gasteiger partial charge on any atom is -0.0925 e. The van der Waals surface area contributed by atoms with Gasteiger partial charge in [-0.05, 0) is 54.7 Å². The molecule has 0 nitrogen and oxygen atoms in total. The maximum absolute atomic E-state index is 3.64. The van der Waals surface area contributed by atoms with Crippen LogP contribution < -0.4 is 0 Å². The molecule has 0 fully saturated rings. The summed E-state index contributed by atoms with van der Waals surface area (Å²) in [5.41, 5.74) is 4.75. The predicted octanol–water partition coefficient (Wildman–Crippen LogP) is 4.53. The Bertz CT molecular complexity index is 343. The summed E-state index contributed by atoms with van der Waals surface area (Å²) in [7, 11) is 0. The summed E-state index contributed by atoms with van der Waals surface area (Å²) in [5.74, 6) is 0.810. The Hall–Kier alpha value is -0.300. The summed E-state index contributed by atoms with van der Waals surface area (Å²) in [6.45, 7) is 2.28. The fraction of sp³-hybridized carbons (Fsp3) is 0.600. The molecule has 1 atom stereocenters. The molecule has 2 rings (SSSR count). The average molecular weight is 281 g/mol. The molecular formula is C15H21Br. The number of rotatable bonds is 5. The predicted molar refractivity (Wildman–Crippen MR) is 74.4 cm³/mol. The fourth-order valence-corrected chi connectivity index (χ4v) is 3.28. The molecule has 0 N–H and O–H groups in total. The standard InChI is InChI=1S/C15H21Br/c1-2-4-13(11-16)9-12-7-8-14-5-3-6-15(14)10-12/h7-8,10,13H,2-6,9,11H2,1H3. The maximum atomic E-state index is 3.64. The van der Waals surface area contributed by atoms with Crippen LogP contribution in [0.5, 0.6) is 0 Å². The number of hydrogen-bond acceptors (Lipinski definition) is 0. The molecule has 0 heterocycles. The molecule has 1 aromatic rings. The van der Waals surface area contributed by atoms with Crippen LogP contribution in [0.2, 0.25) is 0 Å². The Morgan fingerprint density at radius 2 is 2.06 bits per heavy atom. The Morgan fingerprint density at radius 1 is 1.25 bits per heavy atom. The van der Waals surface area contributed by atoms with Gasteiger partial charge in [0.2, 0.25) is 0 Å². The van der Waals surface area contributed by atoms with Gasteiger partial charge in [-0.25, -0.2) is 0 Å². The minimum atomic E-state index is 0.810. The van der Waals surface area contributed by atoms with Crippen LogP contribution in [-0.2, 0) is 19.3 Å². The fourth-order valence-electron chi connectivity index (χ4n) is 2.73. The summed E-state index contributed by atoms with van der Waals surface area (Å²) in [5, 5.41) is 1.14. The topological polar surface area (TPSA) is 0 Å². The Morgan fingerprint density at radius 3 is 2.81 bits per heavy atom. The lowest BCUT2D eigenvalue weighted by Gasteiger charge is -2.13. The SMILES string of the molecule is CCCC(CBr)Cc1ccc2c(c1)CCC2. The molecule has 88 valence electrons. The first-order valence-electron chi connectivity index (χ1n) is 6.50. The van der Waals surface area contributed by atoms with E-state index >= 15 is 0 Å². The minimum absolute atomic E-state index is 0.810. The van der Waals surface area contributed by atoms with E-state index in [4.69, 9.17) is 0 Å². The van der Waals surface area contributed by atoms with E-state index in [1.54, 1.807) is 16.7 Å². The molecule has 0 saturated heterocycles. The summed E-state index contributed by atoms with van der Waals surface area (Å²) in [4.78, 5) is 0. The average Bonchev–Trinajstić information content (AvgIpc) is 2.75. The molecule has 0 amide bonds. The quantitative estimate of drug-likeness (QED) is 0.696. The summed E-state index contributed by atoms with van der Waals surface area (Å²) in [6.07, 6.45) is 7.83. The molecule has 1 heteroatoms. The van der Waals surface area contributed by atoms with Crippen molar-refractivity contribution in [2.75, 3.05) is 5.33 Å². The maximum Gasteiger partial charge on any atom is 0.00628 e. The van der Waals surface area contributed by atoms with Crippen molar-refractivity contribution in [3.8, 4) is 0 Å². The van der Waals surface area contributed by atoms with Crippen molar-refractivity contribution >= 4 is 15.9 Å². The number of fused-ring (bicyclic) bond motifs is 1. The van der Waals surface area contributed by atoms with E-state index in [-0.39, 0.29) is 0 Å². The smallest absolute Gasteiger partial charge is 0.00628 e. The van der Waals surface area contributed by atoms with Crippen LogP contribution >= 0.6 is 15.9 Å². The third-order valence-electron chi connectivity index (χ3n) is 3.60. The molecule has 1 aliphatic carbocycles. The summed E-state index contributed by atoms with van der Waals surface area (Å²) in [6, 6.07) is 7.15. The highest BCUT2D eigenvalue weighted by Gasteiger charge is 2.12. The number of hydrogen-bond donors (Lipinski definition) is 0. The lowest BCUT2D eigenvalue weighted by atomic mass is 9.95. The van der Waals surface area contributed by atoms with Gasteiger partial charge >= 0.3 is 0 Å². The zero-order valence-electron chi connectivity index (χ0n) is 10.1. The van der Waals surface area contributed by atoms with E-state index in [2.05, 4.69) is 41.1 Å². The van der Waals surface area contributed by atoms with E-state index in [0.29, 0.717) is 0 Å². The second kappa shape index (κ2) is 5.86.